The number of fused-ring (bicyclic) bond motifs is 3. The second-order valence-corrected chi connectivity index (χ2v) is 20.0. The lowest BCUT2D eigenvalue weighted by atomic mass is 10.0. The van der Waals surface area contributed by atoms with Gasteiger partial charge in [0.15, 0.2) is 0 Å². The van der Waals surface area contributed by atoms with Crippen molar-refractivity contribution in [1.29, 1.82) is 0 Å². The molecule has 0 amide bonds. The molecule has 4 heteroatoms. The van der Waals surface area contributed by atoms with E-state index in [1.165, 1.54) is 48.0 Å². The molecule has 0 fully saturated rings. The number of rotatable bonds is 13. The molecule has 13 rings (SSSR count). The molecule has 76 heavy (non-hydrogen) atoms. The third kappa shape index (κ3) is 9.19. The highest BCUT2D eigenvalue weighted by molar-refractivity contribution is 7.26. The second kappa shape index (κ2) is 20.6. The summed E-state index contributed by atoms with van der Waals surface area (Å²) < 4.78 is 2.61. The van der Waals surface area contributed by atoms with E-state index >= 15 is 0 Å². The van der Waals surface area contributed by atoms with Gasteiger partial charge in [0.05, 0.1) is 17.1 Å². The average molecular weight is 990 g/mol. The van der Waals surface area contributed by atoms with Crippen molar-refractivity contribution in [1.82, 2.24) is 0 Å². The van der Waals surface area contributed by atoms with Crippen LogP contribution in [0, 0.1) is 0 Å². The fourth-order valence-electron chi connectivity index (χ4n) is 10.5. The lowest BCUT2D eigenvalue weighted by molar-refractivity contribution is 1.22. The molecule has 0 atom stereocenters. The Hall–Kier alpha value is -9.74. The monoisotopic (exact) mass is 989 g/mol. The first-order valence-corrected chi connectivity index (χ1v) is 26.6. The Morgan fingerprint density at radius 1 is 0.197 bits per heavy atom. The molecular formula is C72H51N3S. The zero-order valence-corrected chi connectivity index (χ0v) is 42.5. The summed E-state index contributed by atoms with van der Waals surface area (Å²) >= 11 is 1.87. The van der Waals surface area contributed by atoms with Crippen LogP contribution in [0.3, 0.4) is 0 Å². The molecule has 0 bridgehead atoms. The number of thiophene rings is 1. The van der Waals surface area contributed by atoms with Crippen molar-refractivity contribution >= 4 is 82.7 Å². The van der Waals surface area contributed by atoms with Gasteiger partial charge in [-0.15, -0.1) is 11.3 Å². The van der Waals surface area contributed by atoms with Gasteiger partial charge in [-0.05, 0) is 142 Å². The van der Waals surface area contributed by atoms with Gasteiger partial charge in [0.1, 0.15) is 0 Å². The maximum atomic E-state index is 2.41. The Labute approximate surface area is 448 Å². The lowest BCUT2D eigenvalue weighted by Crippen LogP contribution is -2.16. The second-order valence-electron chi connectivity index (χ2n) is 19.0. The summed E-state index contributed by atoms with van der Waals surface area (Å²) in [6, 6.07) is 112. The van der Waals surface area contributed by atoms with Gasteiger partial charge in [0.2, 0.25) is 0 Å². The molecule has 12 aromatic carbocycles. The van der Waals surface area contributed by atoms with Crippen LogP contribution in [0.1, 0.15) is 0 Å². The highest BCUT2D eigenvalue weighted by Gasteiger charge is 2.23. The van der Waals surface area contributed by atoms with Gasteiger partial charge in [-0.1, -0.05) is 212 Å². The number of anilines is 9. The average Bonchev–Trinajstić information content (AvgIpc) is 3.91. The van der Waals surface area contributed by atoms with Gasteiger partial charge in [-0.25, -0.2) is 0 Å². The summed E-state index contributed by atoms with van der Waals surface area (Å²) in [5.74, 6) is 0. The third-order valence-electron chi connectivity index (χ3n) is 14.2. The van der Waals surface area contributed by atoms with Crippen molar-refractivity contribution < 1.29 is 0 Å². The van der Waals surface area contributed by atoms with Crippen LogP contribution in [0.25, 0.3) is 64.7 Å². The summed E-state index contributed by atoms with van der Waals surface area (Å²) in [6.45, 7) is 0. The molecule has 0 unspecified atom stereocenters. The Morgan fingerprint density at radius 3 is 0.868 bits per heavy atom. The van der Waals surface area contributed by atoms with Crippen molar-refractivity contribution in [3.8, 4) is 44.5 Å². The lowest BCUT2D eigenvalue weighted by Gasteiger charge is -2.33. The van der Waals surface area contributed by atoms with Gasteiger partial charge in [-0.3, -0.25) is 0 Å². The zero-order valence-electron chi connectivity index (χ0n) is 41.7. The number of hydrogen-bond acceptors (Lipinski definition) is 4. The highest BCUT2D eigenvalue weighted by Crippen LogP contribution is 2.47. The summed E-state index contributed by atoms with van der Waals surface area (Å²) in [5.41, 5.74) is 18.7. The summed E-state index contributed by atoms with van der Waals surface area (Å²) in [4.78, 5) is 7.18. The Morgan fingerprint density at radius 2 is 0.487 bits per heavy atom. The van der Waals surface area contributed by atoms with Gasteiger partial charge in [0, 0.05) is 54.3 Å². The van der Waals surface area contributed by atoms with Crippen LogP contribution in [-0.2, 0) is 0 Å². The van der Waals surface area contributed by atoms with Crippen LogP contribution in [0.4, 0.5) is 51.2 Å². The SMILES string of the molecule is c1ccc(-c2ccc(N(c3ccccc3)c3cc(N(c4ccccc4)c4ccc(-c5ccccc5)cc4)cc(N(c4ccc(-c5ccccc5)cc4)c4ccc(-c5cccc6c5sc5ccccc56)cc4)c3)cc2)cc1. The third-order valence-corrected chi connectivity index (χ3v) is 15.4. The van der Waals surface area contributed by atoms with Gasteiger partial charge in [0.25, 0.3) is 0 Å². The van der Waals surface area contributed by atoms with Crippen LogP contribution in [-0.4, -0.2) is 0 Å². The molecule has 0 radical (unpaired) electrons. The van der Waals surface area contributed by atoms with E-state index < -0.39 is 0 Å². The minimum Gasteiger partial charge on any atom is -0.310 e. The normalized spacial score (nSPS) is 11.2. The molecule has 0 saturated carbocycles. The maximum Gasteiger partial charge on any atom is 0.0503 e. The summed E-state index contributed by atoms with van der Waals surface area (Å²) in [6.07, 6.45) is 0. The first-order chi connectivity index (χ1) is 37.7. The molecule has 0 N–H and O–H groups in total. The number of hydrogen-bond donors (Lipinski definition) is 0. The fraction of sp³-hybridized carbons (Fsp3) is 0. The zero-order chi connectivity index (χ0) is 50.6. The molecule has 360 valence electrons. The van der Waals surface area contributed by atoms with Crippen LogP contribution in [0.15, 0.2) is 309 Å². The van der Waals surface area contributed by atoms with Crippen molar-refractivity contribution in [2.75, 3.05) is 14.7 Å². The minimum atomic E-state index is 1.00. The van der Waals surface area contributed by atoms with Crippen LogP contribution in [0.2, 0.25) is 0 Å². The Bertz CT molecular complexity index is 3910. The molecule has 0 aliphatic rings. The van der Waals surface area contributed by atoms with Crippen molar-refractivity contribution in [3.05, 3.63) is 309 Å². The molecule has 0 spiro atoms. The topological polar surface area (TPSA) is 9.72 Å². The van der Waals surface area contributed by atoms with E-state index in [9.17, 15) is 0 Å². The highest BCUT2D eigenvalue weighted by atomic mass is 32.1. The van der Waals surface area contributed by atoms with Crippen molar-refractivity contribution in [2.45, 2.75) is 0 Å². The number of nitrogens with zero attached hydrogens (tertiary/aromatic N) is 3. The first kappa shape index (κ1) is 46.1. The van der Waals surface area contributed by atoms with Crippen LogP contribution < -0.4 is 14.7 Å². The van der Waals surface area contributed by atoms with Crippen molar-refractivity contribution in [2.24, 2.45) is 0 Å². The molecule has 3 nitrogen and oxygen atoms in total. The number of benzene rings is 12. The molecule has 0 saturated heterocycles. The maximum absolute atomic E-state index is 2.41. The largest absolute Gasteiger partial charge is 0.310 e. The smallest absolute Gasteiger partial charge is 0.0503 e. The van der Waals surface area contributed by atoms with Crippen LogP contribution >= 0.6 is 11.3 Å². The van der Waals surface area contributed by atoms with E-state index in [4.69, 9.17) is 0 Å². The van der Waals surface area contributed by atoms with Gasteiger partial charge in [-0.2, -0.15) is 0 Å². The van der Waals surface area contributed by atoms with E-state index in [-0.39, 0.29) is 0 Å². The number of para-hydroxylation sites is 2. The van der Waals surface area contributed by atoms with Gasteiger partial charge >= 0.3 is 0 Å². The Kier molecular flexibility index (Phi) is 12.5. The van der Waals surface area contributed by atoms with E-state index in [1.807, 2.05) is 11.3 Å². The van der Waals surface area contributed by atoms with Crippen LogP contribution in [0.5, 0.6) is 0 Å². The fourth-order valence-corrected chi connectivity index (χ4v) is 11.8. The molecular weight excluding hydrogens is 939 g/mol. The quantitative estimate of drug-likeness (QED) is 0.114. The van der Waals surface area contributed by atoms with Gasteiger partial charge < -0.3 is 14.7 Å². The summed E-state index contributed by atoms with van der Waals surface area (Å²) in [7, 11) is 0. The van der Waals surface area contributed by atoms with E-state index in [1.54, 1.807) is 0 Å². The molecule has 1 heterocycles. The predicted molar refractivity (Wildman–Crippen MR) is 325 cm³/mol. The van der Waals surface area contributed by atoms with E-state index in [2.05, 4.69) is 324 Å². The van der Waals surface area contributed by atoms with E-state index in [0.717, 1.165) is 67.9 Å². The standard InChI is InChI=1S/C72H51N3S/c1-6-19-52(20-7-1)55-33-41-61(42-34-55)73(59-25-12-4-13-26-59)65-49-66(74(60-27-14-5-15-28-60)62-43-35-56(36-44-62)53-21-8-2-9-22-53)51-67(50-65)75(63-45-37-57(38-46-63)54-23-10-3-11-24-54)64-47-39-58(40-48-64)68-30-18-31-70-69-29-16-17-32-71(69)76-72(68)70/h1-51H. The molecule has 0 aliphatic carbocycles. The Balaban J connectivity index is 1.02. The predicted octanol–water partition coefficient (Wildman–Crippen LogP) is 21.1. The minimum absolute atomic E-state index is 1.00. The molecule has 1 aromatic heterocycles. The van der Waals surface area contributed by atoms with Crippen molar-refractivity contribution in [3.63, 3.8) is 0 Å². The molecule has 0 aliphatic heterocycles. The molecule has 13 aromatic rings. The summed E-state index contributed by atoms with van der Waals surface area (Å²) in [5, 5.41) is 2.59. The first-order valence-electron chi connectivity index (χ1n) is 25.8. The van der Waals surface area contributed by atoms with E-state index in [0.29, 0.717) is 0 Å².